The van der Waals surface area contributed by atoms with Crippen molar-refractivity contribution in [1.82, 2.24) is 29.9 Å². The number of nitrogens with zero attached hydrogens (tertiary/aromatic N) is 6. The minimum Gasteiger partial charge on any atom is -0.368 e. The van der Waals surface area contributed by atoms with Crippen molar-refractivity contribution in [3.05, 3.63) is 48.7 Å². The molecule has 3 aromatic heterocycles. The molecule has 0 aromatic carbocycles. The molecule has 27 heavy (non-hydrogen) atoms. The van der Waals surface area contributed by atoms with Gasteiger partial charge in [-0.1, -0.05) is 0 Å². The molecule has 4 heterocycles. The van der Waals surface area contributed by atoms with Crippen LogP contribution >= 0.6 is 0 Å². The van der Waals surface area contributed by atoms with Crippen molar-refractivity contribution in [3.63, 3.8) is 0 Å². The van der Waals surface area contributed by atoms with Crippen molar-refractivity contribution in [2.24, 2.45) is 0 Å². The van der Waals surface area contributed by atoms with Crippen LogP contribution in [-0.4, -0.2) is 61.4 Å². The van der Waals surface area contributed by atoms with Gasteiger partial charge in [-0.3, -0.25) is 19.6 Å². The summed E-state index contributed by atoms with van der Waals surface area (Å²) >= 11 is 0. The van der Waals surface area contributed by atoms with Gasteiger partial charge in [0, 0.05) is 62.1 Å². The lowest BCUT2D eigenvalue weighted by Crippen LogP contribution is -2.54. The molecule has 1 fully saturated rings. The lowest BCUT2D eigenvalue weighted by Gasteiger charge is -2.41. The van der Waals surface area contributed by atoms with Crippen molar-refractivity contribution in [3.8, 4) is 11.3 Å². The van der Waals surface area contributed by atoms with E-state index >= 15 is 0 Å². The summed E-state index contributed by atoms with van der Waals surface area (Å²) in [7, 11) is 0. The smallest absolute Gasteiger partial charge is 0.258 e. The Labute approximate surface area is 157 Å². The van der Waals surface area contributed by atoms with Crippen molar-refractivity contribution in [2.45, 2.75) is 26.4 Å². The number of hydrogen-bond donors (Lipinski definition) is 1. The van der Waals surface area contributed by atoms with Crippen LogP contribution in [-0.2, 0) is 6.54 Å². The second-order valence-electron chi connectivity index (χ2n) is 6.74. The summed E-state index contributed by atoms with van der Waals surface area (Å²) in [6.45, 7) is 7.14. The molecule has 1 saturated heterocycles. The maximum Gasteiger partial charge on any atom is 0.258 e. The third-order valence-electron chi connectivity index (χ3n) is 5.03. The van der Waals surface area contributed by atoms with Crippen LogP contribution in [0.25, 0.3) is 11.3 Å². The van der Waals surface area contributed by atoms with Crippen molar-refractivity contribution in [2.75, 3.05) is 24.5 Å². The fourth-order valence-electron chi connectivity index (χ4n) is 3.54. The summed E-state index contributed by atoms with van der Waals surface area (Å²) in [5.74, 6) is 0.00452. The zero-order valence-corrected chi connectivity index (χ0v) is 15.5. The largest absolute Gasteiger partial charge is 0.368 e. The van der Waals surface area contributed by atoms with E-state index in [4.69, 9.17) is 0 Å². The number of carbonyl (C=O) groups is 1. The van der Waals surface area contributed by atoms with Gasteiger partial charge in [0.2, 0.25) is 0 Å². The minimum absolute atomic E-state index is 0.00452. The van der Waals surface area contributed by atoms with E-state index < -0.39 is 0 Å². The summed E-state index contributed by atoms with van der Waals surface area (Å²) in [6.07, 6.45) is 8.90. The van der Waals surface area contributed by atoms with Gasteiger partial charge in [-0.25, -0.2) is 0 Å². The number of piperazine rings is 1. The fraction of sp³-hybridized carbons (Fsp3) is 0.368. The molecule has 0 bridgehead atoms. The molecule has 1 amide bonds. The number of aromatic amines is 1. The maximum atomic E-state index is 13.2. The van der Waals surface area contributed by atoms with Gasteiger partial charge in [-0.2, -0.15) is 10.2 Å². The molecule has 8 nitrogen and oxygen atoms in total. The van der Waals surface area contributed by atoms with Crippen LogP contribution in [0, 0.1) is 0 Å². The van der Waals surface area contributed by atoms with E-state index in [1.807, 2.05) is 34.8 Å². The first-order valence-corrected chi connectivity index (χ1v) is 9.19. The number of nitrogens with one attached hydrogen (secondary N) is 1. The Kier molecular flexibility index (Phi) is 4.62. The average Bonchev–Trinajstić information content (AvgIpc) is 3.37. The Morgan fingerprint density at radius 1 is 1.26 bits per heavy atom. The van der Waals surface area contributed by atoms with E-state index in [9.17, 15) is 4.79 Å². The second-order valence-corrected chi connectivity index (χ2v) is 6.74. The minimum atomic E-state index is 0.00452. The Balaban J connectivity index is 1.52. The van der Waals surface area contributed by atoms with E-state index in [0.717, 1.165) is 36.6 Å². The first-order valence-electron chi connectivity index (χ1n) is 9.19. The molecule has 8 heteroatoms. The summed E-state index contributed by atoms with van der Waals surface area (Å²) in [4.78, 5) is 21.5. The van der Waals surface area contributed by atoms with Crippen molar-refractivity contribution in [1.29, 1.82) is 0 Å². The predicted octanol–water partition coefficient (Wildman–Crippen LogP) is 2.04. The molecule has 0 saturated carbocycles. The number of carbonyl (C=O) groups excluding carboxylic acids is 1. The first kappa shape index (κ1) is 17.3. The second kappa shape index (κ2) is 7.22. The highest BCUT2D eigenvalue weighted by Gasteiger charge is 2.30. The number of amides is 1. The number of pyridine rings is 1. The first-order chi connectivity index (χ1) is 13.2. The summed E-state index contributed by atoms with van der Waals surface area (Å²) in [5, 5.41) is 11.4. The monoisotopic (exact) mass is 365 g/mol. The van der Waals surface area contributed by atoms with Gasteiger partial charge in [0.25, 0.3) is 5.91 Å². The number of aromatic nitrogens is 5. The van der Waals surface area contributed by atoms with Crippen molar-refractivity contribution >= 4 is 11.6 Å². The molecule has 0 radical (unpaired) electrons. The van der Waals surface area contributed by atoms with Crippen LogP contribution in [0.4, 0.5) is 5.69 Å². The van der Waals surface area contributed by atoms with Crippen LogP contribution in [0.3, 0.4) is 0 Å². The van der Waals surface area contributed by atoms with Gasteiger partial charge >= 0.3 is 0 Å². The molecule has 0 spiro atoms. The van der Waals surface area contributed by atoms with Crippen LogP contribution in [0.5, 0.6) is 0 Å². The Bertz CT molecular complexity index is 917. The van der Waals surface area contributed by atoms with Gasteiger partial charge in [0.05, 0.1) is 23.7 Å². The summed E-state index contributed by atoms with van der Waals surface area (Å²) in [5.41, 5.74) is 3.33. The van der Waals surface area contributed by atoms with E-state index in [-0.39, 0.29) is 11.9 Å². The van der Waals surface area contributed by atoms with Crippen LogP contribution in [0.1, 0.15) is 24.2 Å². The molecule has 1 aliphatic heterocycles. The van der Waals surface area contributed by atoms with Crippen molar-refractivity contribution < 1.29 is 4.79 Å². The SMILES string of the molecule is CCn1cc(-c2[nH]ncc2C(=O)N2CCN(c3ccncc3)CC2C)cn1. The molecule has 1 atom stereocenters. The van der Waals surface area contributed by atoms with Crippen LogP contribution in [0.2, 0.25) is 0 Å². The lowest BCUT2D eigenvalue weighted by molar-refractivity contribution is 0.0675. The van der Waals surface area contributed by atoms with E-state index in [1.165, 1.54) is 0 Å². The van der Waals surface area contributed by atoms with Gasteiger partial charge < -0.3 is 9.80 Å². The molecule has 3 aromatic rings. The standard InChI is InChI=1S/C19H23N7O/c1-3-25-13-15(10-22-25)18-17(11-21-23-18)19(27)26-9-8-24(12-14(26)2)16-4-6-20-7-5-16/h4-7,10-11,13-14H,3,8-9,12H2,1-2H3,(H,21,23). The molecule has 0 aliphatic carbocycles. The molecule has 1 unspecified atom stereocenters. The van der Waals surface area contributed by atoms with Gasteiger partial charge in [-0.15, -0.1) is 0 Å². The molecular formula is C19H23N7O. The number of aryl methyl sites for hydroxylation is 1. The third-order valence-corrected chi connectivity index (χ3v) is 5.03. The zero-order chi connectivity index (χ0) is 18.8. The molecule has 1 N–H and O–H groups in total. The average molecular weight is 365 g/mol. The van der Waals surface area contributed by atoms with Crippen LogP contribution < -0.4 is 4.90 Å². The van der Waals surface area contributed by atoms with E-state index in [1.54, 1.807) is 24.8 Å². The maximum absolute atomic E-state index is 13.2. The Morgan fingerprint density at radius 2 is 2.07 bits per heavy atom. The quantitative estimate of drug-likeness (QED) is 0.765. The van der Waals surface area contributed by atoms with Gasteiger partial charge in [-0.05, 0) is 26.0 Å². The molecule has 1 aliphatic rings. The summed E-state index contributed by atoms with van der Waals surface area (Å²) in [6, 6.07) is 4.11. The zero-order valence-electron chi connectivity index (χ0n) is 15.5. The molecular weight excluding hydrogens is 342 g/mol. The predicted molar refractivity (Wildman–Crippen MR) is 102 cm³/mol. The Morgan fingerprint density at radius 3 is 2.78 bits per heavy atom. The van der Waals surface area contributed by atoms with Gasteiger partial charge in [0.15, 0.2) is 0 Å². The highest BCUT2D eigenvalue weighted by molar-refractivity contribution is 6.00. The van der Waals surface area contributed by atoms with E-state index in [0.29, 0.717) is 12.1 Å². The number of anilines is 1. The topological polar surface area (TPSA) is 82.9 Å². The third kappa shape index (κ3) is 3.30. The van der Waals surface area contributed by atoms with Gasteiger partial charge in [0.1, 0.15) is 0 Å². The number of H-pyrrole nitrogens is 1. The van der Waals surface area contributed by atoms with Crippen LogP contribution in [0.15, 0.2) is 43.1 Å². The fourth-order valence-corrected chi connectivity index (χ4v) is 3.54. The number of rotatable bonds is 4. The van der Waals surface area contributed by atoms with E-state index in [2.05, 4.69) is 32.1 Å². The Hall–Kier alpha value is -3.16. The molecule has 4 rings (SSSR count). The lowest BCUT2D eigenvalue weighted by atomic mass is 10.1. The highest BCUT2D eigenvalue weighted by atomic mass is 16.2. The summed E-state index contributed by atoms with van der Waals surface area (Å²) < 4.78 is 1.83. The highest BCUT2D eigenvalue weighted by Crippen LogP contribution is 2.25. The number of hydrogen-bond acceptors (Lipinski definition) is 5. The molecule has 140 valence electrons. The normalized spacial score (nSPS) is 17.3.